The molecule has 2 rings (SSSR count). The van der Waals surface area contributed by atoms with Gasteiger partial charge in [0.15, 0.2) is 0 Å². The molecular weight excluding hydrogens is 163 g/mol. The fourth-order valence-corrected chi connectivity index (χ4v) is 2.42. The summed E-state index contributed by atoms with van der Waals surface area (Å²) in [6.45, 7) is 10.3. The van der Waals surface area contributed by atoms with Crippen LogP contribution in [0.3, 0.4) is 0 Å². The van der Waals surface area contributed by atoms with Crippen molar-refractivity contribution in [3.05, 3.63) is 0 Å². The van der Waals surface area contributed by atoms with Crippen molar-refractivity contribution in [2.75, 3.05) is 0 Å². The first-order valence-corrected chi connectivity index (χ1v) is 5.41. The molecule has 1 aliphatic heterocycles. The lowest BCUT2D eigenvalue weighted by atomic mass is 9.90. The van der Waals surface area contributed by atoms with Crippen LogP contribution in [-0.4, -0.2) is 18.3 Å². The van der Waals surface area contributed by atoms with Crippen molar-refractivity contribution in [3.63, 3.8) is 0 Å². The van der Waals surface area contributed by atoms with Gasteiger partial charge in [-0.15, -0.1) is 0 Å². The van der Waals surface area contributed by atoms with Crippen molar-refractivity contribution in [3.8, 4) is 0 Å². The zero-order valence-corrected chi connectivity index (χ0v) is 9.52. The van der Waals surface area contributed by atoms with Gasteiger partial charge in [-0.1, -0.05) is 13.8 Å². The highest BCUT2D eigenvalue weighted by Crippen LogP contribution is 2.49. The van der Waals surface area contributed by atoms with Gasteiger partial charge in [-0.25, -0.2) is 0 Å². The largest absolute Gasteiger partial charge is 0.454 e. The van der Waals surface area contributed by atoms with Crippen molar-refractivity contribution in [2.24, 2.45) is 0 Å². The Morgan fingerprint density at radius 2 is 1.38 bits per heavy atom. The molecule has 2 fully saturated rings. The summed E-state index contributed by atoms with van der Waals surface area (Å²) in [4.78, 5) is 0. The molecule has 76 valence electrons. The molecular formula is C10H21BO2. The Kier molecular flexibility index (Phi) is 3.08. The molecule has 0 aromatic rings. The molecule has 0 amide bonds. The third-order valence-electron chi connectivity index (χ3n) is 3.28. The van der Waals surface area contributed by atoms with E-state index in [2.05, 4.69) is 13.8 Å². The molecule has 1 aliphatic carbocycles. The maximum Gasteiger partial charge on any atom is 0.454 e. The van der Waals surface area contributed by atoms with Gasteiger partial charge in [0.1, 0.15) is 0 Å². The van der Waals surface area contributed by atoms with E-state index in [4.69, 9.17) is 9.31 Å². The normalized spacial score (nSPS) is 42.7. The van der Waals surface area contributed by atoms with E-state index in [0.29, 0.717) is 0 Å². The van der Waals surface area contributed by atoms with E-state index in [1.165, 1.54) is 6.42 Å². The van der Waals surface area contributed by atoms with Crippen LogP contribution in [0.5, 0.6) is 0 Å². The van der Waals surface area contributed by atoms with Crippen molar-refractivity contribution >= 4 is 7.12 Å². The first-order valence-electron chi connectivity index (χ1n) is 5.41. The lowest BCUT2D eigenvalue weighted by Gasteiger charge is -2.32. The lowest BCUT2D eigenvalue weighted by molar-refractivity contribution is 0.00578. The van der Waals surface area contributed by atoms with E-state index in [1.807, 2.05) is 20.7 Å². The summed E-state index contributed by atoms with van der Waals surface area (Å²) in [5, 5.41) is 0. The molecule has 1 saturated heterocycles. The lowest BCUT2D eigenvalue weighted by Crippen LogP contribution is -2.41. The molecule has 13 heavy (non-hydrogen) atoms. The molecule has 2 atom stereocenters. The monoisotopic (exact) mass is 184 g/mol. The molecule has 1 saturated carbocycles. The first kappa shape index (κ1) is 11.1. The van der Waals surface area contributed by atoms with Crippen molar-refractivity contribution in [1.29, 1.82) is 0 Å². The Balaban J connectivity index is 0.000000396. The van der Waals surface area contributed by atoms with E-state index in [1.54, 1.807) is 0 Å². The zero-order valence-electron chi connectivity index (χ0n) is 9.52. The Morgan fingerprint density at radius 1 is 1.00 bits per heavy atom. The molecule has 3 heteroatoms. The number of rotatable bonds is 0. The quantitative estimate of drug-likeness (QED) is 0.539. The summed E-state index contributed by atoms with van der Waals surface area (Å²) in [6.07, 6.45) is 3.53. The second-order valence-electron chi connectivity index (χ2n) is 4.12. The van der Waals surface area contributed by atoms with Crippen LogP contribution < -0.4 is 0 Å². The summed E-state index contributed by atoms with van der Waals surface area (Å²) >= 11 is 0. The van der Waals surface area contributed by atoms with Gasteiger partial charge in [0.25, 0.3) is 0 Å². The number of fused-ring (bicyclic) bond motifs is 1. The van der Waals surface area contributed by atoms with E-state index in [9.17, 15) is 0 Å². The maximum atomic E-state index is 5.75. The van der Waals surface area contributed by atoms with Crippen molar-refractivity contribution < 1.29 is 9.31 Å². The average molecular weight is 184 g/mol. The molecule has 2 nitrogen and oxygen atoms in total. The van der Waals surface area contributed by atoms with E-state index < -0.39 is 0 Å². The molecule has 2 aliphatic rings. The minimum Gasteiger partial charge on any atom is -0.403 e. The highest BCUT2D eigenvalue weighted by Gasteiger charge is 2.57. The minimum absolute atomic E-state index is 0.00752. The third-order valence-corrected chi connectivity index (χ3v) is 3.28. The van der Waals surface area contributed by atoms with E-state index >= 15 is 0 Å². The van der Waals surface area contributed by atoms with Gasteiger partial charge in [-0.05, 0) is 39.9 Å². The topological polar surface area (TPSA) is 18.5 Å². The van der Waals surface area contributed by atoms with Crippen molar-refractivity contribution in [2.45, 2.75) is 65.0 Å². The second kappa shape index (κ2) is 3.62. The fourth-order valence-electron chi connectivity index (χ4n) is 2.42. The van der Waals surface area contributed by atoms with Gasteiger partial charge in [-0.2, -0.15) is 0 Å². The summed E-state index contributed by atoms with van der Waals surface area (Å²) < 4.78 is 11.5. The summed E-state index contributed by atoms with van der Waals surface area (Å²) in [5.41, 5.74) is -0.0150. The summed E-state index contributed by atoms with van der Waals surface area (Å²) in [5.74, 6) is 0. The number of hydrogen-bond acceptors (Lipinski definition) is 2. The van der Waals surface area contributed by atoms with Gasteiger partial charge < -0.3 is 9.31 Å². The SMILES string of the molecule is CB1OC2(C)CCCC2(C)O1.CC. The predicted octanol–water partition coefficient (Wildman–Crippen LogP) is 2.88. The molecule has 1 heterocycles. The molecule has 0 bridgehead atoms. The van der Waals surface area contributed by atoms with Crippen LogP contribution in [0, 0.1) is 0 Å². The van der Waals surface area contributed by atoms with Crippen molar-refractivity contribution in [1.82, 2.24) is 0 Å². The van der Waals surface area contributed by atoms with Gasteiger partial charge >= 0.3 is 7.12 Å². The van der Waals surface area contributed by atoms with Crippen LogP contribution in [0.25, 0.3) is 0 Å². The second-order valence-corrected chi connectivity index (χ2v) is 4.12. The predicted molar refractivity (Wildman–Crippen MR) is 55.8 cm³/mol. The van der Waals surface area contributed by atoms with Gasteiger partial charge in [-0.3, -0.25) is 0 Å². The molecule has 0 aromatic heterocycles. The van der Waals surface area contributed by atoms with Crippen LogP contribution in [0.4, 0.5) is 0 Å². The van der Waals surface area contributed by atoms with Gasteiger partial charge in [0.2, 0.25) is 0 Å². The Bertz CT molecular complexity index is 168. The molecule has 0 aromatic carbocycles. The highest BCUT2D eigenvalue weighted by atomic mass is 16.7. The van der Waals surface area contributed by atoms with Gasteiger partial charge in [0.05, 0.1) is 11.2 Å². The first-order chi connectivity index (χ1) is 6.06. The standard InChI is InChI=1S/C8H15BO2.C2H6/c1-7-5-4-6-8(7,2)11-9(3)10-7;1-2/h4-6H2,1-3H3;1-2H3. The number of hydrogen-bond donors (Lipinski definition) is 0. The Labute approximate surface area is 82.1 Å². The molecule has 2 unspecified atom stereocenters. The molecule has 0 radical (unpaired) electrons. The zero-order chi connectivity index (χ0) is 10.1. The van der Waals surface area contributed by atoms with E-state index in [0.717, 1.165) is 12.8 Å². The average Bonchev–Trinajstić information content (AvgIpc) is 2.40. The van der Waals surface area contributed by atoms with Crippen LogP contribution >= 0.6 is 0 Å². The van der Waals surface area contributed by atoms with Crippen LogP contribution in [-0.2, 0) is 9.31 Å². The van der Waals surface area contributed by atoms with Gasteiger partial charge in [0, 0.05) is 0 Å². The van der Waals surface area contributed by atoms with Crippen LogP contribution in [0.1, 0.15) is 47.0 Å². The Morgan fingerprint density at radius 3 is 1.77 bits per heavy atom. The Hall–Kier alpha value is -0.0151. The maximum absolute atomic E-state index is 5.75. The summed E-state index contributed by atoms with van der Waals surface area (Å²) in [7, 11) is -0.00898. The molecule has 0 spiro atoms. The van der Waals surface area contributed by atoms with E-state index in [-0.39, 0.29) is 18.3 Å². The van der Waals surface area contributed by atoms with Crippen LogP contribution in [0.2, 0.25) is 6.82 Å². The third kappa shape index (κ3) is 1.64. The van der Waals surface area contributed by atoms with Crippen LogP contribution in [0.15, 0.2) is 0 Å². The minimum atomic E-state index is -0.00898. The molecule has 0 N–H and O–H groups in total. The highest BCUT2D eigenvalue weighted by molar-refractivity contribution is 6.43. The fraction of sp³-hybridized carbons (Fsp3) is 1.00. The summed E-state index contributed by atoms with van der Waals surface area (Å²) in [6, 6.07) is 0. The smallest absolute Gasteiger partial charge is 0.403 e.